The molecule has 1 aromatic rings. The SMILES string of the molecule is c1cnn(C2CCCN(CC3CCNCC3)C2)c1. The van der Waals surface area contributed by atoms with Crippen molar-refractivity contribution in [1.29, 1.82) is 0 Å². The second-order valence-electron chi connectivity index (χ2n) is 5.74. The van der Waals surface area contributed by atoms with Gasteiger partial charge in [-0.2, -0.15) is 5.10 Å². The summed E-state index contributed by atoms with van der Waals surface area (Å²) in [6.45, 7) is 6.18. The zero-order valence-electron chi connectivity index (χ0n) is 11.1. The Balaban J connectivity index is 1.53. The molecule has 3 heterocycles. The molecule has 1 N–H and O–H groups in total. The van der Waals surface area contributed by atoms with Crippen molar-refractivity contribution in [2.45, 2.75) is 31.7 Å². The molecule has 0 aromatic carbocycles. The van der Waals surface area contributed by atoms with Gasteiger partial charge >= 0.3 is 0 Å². The van der Waals surface area contributed by atoms with E-state index in [2.05, 4.69) is 26.2 Å². The summed E-state index contributed by atoms with van der Waals surface area (Å²) >= 11 is 0. The van der Waals surface area contributed by atoms with E-state index in [9.17, 15) is 0 Å². The summed E-state index contributed by atoms with van der Waals surface area (Å²) in [5.41, 5.74) is 0. The first-order valence-electron chi connectivity index (χ1n) is 7.34. The average Bonchev–Trinajstić information content (AvgIpc) is 2.94. The molecule has 0 amide bonds. The molecule has 18 heavy (non-hydrogen) atoms. The van der Waals surface area contributed by atoms with Gasteiger partial charge in [0.05, 0.1) is 6.04 Å². The fourth-order valence-corrected chi connectivity index (χ4v) is 3.34. The number of hydrogen-bond donors (Lipinski definition) is 1. The highest BCUT2D eigenvalue weighted by atomic mass is 15.3. The van der Waals surface area contributed by atoms with Crippen LogP contribution in [-0.4, -0.2) is 47.4 Å². The van der Waals surface area contributed by atoms with E-state index in [-0.39, 0.29) is 0 Å². The van der Waals surface area contributed by atoms with E-state index in [1.807, 2.05) is 12.3 Å². The van der Waals surface area contributed by atoms with E-state index in [1.54, 1.807) is 0 Å². The maximum Gasteiger partial charge on any atom is 0.0646 e. The molecule has 2 aliphatic rings. The molecule has 2 fully saturated rings. The minimum absolute atomic E-state index is 0.593. The van der Waals surface area contributed by atoms with Crippen LogP contribution >= 0.6 is 0 Å². The Hall–Kier alpha value is -0.870. The van der Waals surface area contributed by atoms with Gasteiger partial charge in [0, 0.05) is 25.5 Å². The molecule has 3 rings (SSSR count). The fraction of sp³-hybridized carbons (Fsp3) is 0.786. The number of nitrogens with one attached hydrogen (secondary N) is 1. The van der Waals surface area contributed by atoms with Crippen LogP contribution in [0.5, 0.6) is 0 Å². The molecular formula is C14H24N4. The molecule has 2 saturated heterocycles. The summed E-state index contributed by atoms with van der Waals surface area (Å²) < 4.78 is 2.15. The number of rotatable bonds is 3. The molecule has 1 unspecified atom stereocenters. The minimum atomic E-state index is 0.593. The lowest BCUT2D eigenvalue weighted by atomic mass is 9.96. The molecule has 1 aromatic heterocycles. The van der Waals surface area contributed by atoms with Crippen LogP contribution in [0.15, 0.2) is 18.5 Å². The number of likely N-dealkylation sites (tertiary alicyclic amines) is 1. The van der Waals surface area contributed by atoms with Crippen molar-refractivity contribution in [2.24, 2.45) is 5.92 Å². The monoisotopic (exact) mass is 248 g/mol. The first kappa shape index (κ1) is 12.2. The van der Waals surface area contributed by atoms with Crippen molar-refractivity contribution in [3.63, 3.8) is 0 Å². The second kappa shape index (κ2) is 5.85. The van der Waals surface area contributed by atoms with E-state index in [0.717, 1.165) is 5.92 Å². The molecule has 0 radical (unpaired) electrons. The molecule has 4 nitrogen and oxygen atoms in total. The summed E-state index contributed by atoms with van der Waals surface area (Å²) in [6, 6.07) is 2.63. The topological polar surface area (TPSA) is 33.1 Å². The second-order valence-corrected chi connectivity index (χ2v) is 5.74. The molecule has 1 atom stereocenters. The lowest BCUT2D eigenvalue weighted by Crippen LogP contribution is -2.41. The highest BCUT2D eigenvalue weighted by Gasteiger charge is 2.24. The van der Waals surface area contributed by atoms with Gasteiger partial charge in [0.25, 0.3) is 0 Å². The molecule has 0 aliphatic carbocycles. The lowest BCUT2D eigenvalue weighted by molar-refractivity contribution is 0.137. The van der Waals surface area contributed by atoms with Gasteiger partial charge in [0.2, 0.25) is 0 Å². The molecule has 0 bridgehead atoms. The Kier molecular flexibility index (Phi) is 3.96. The molecule has 2 aliphatic heterocycles. The van der Waals surface area contributed by atoms with Crippen LogP contribution in [-0.2, 0) is 0 Å². The maximum atomic E-state index is 4.40. The highest BCUT2D eigenvalue weighted by molar-refractivity contribution is 4.85. The van der Waals surface area contributed by atoms with Crippen LogP contribution < -0.4 is 5.32 Å². The Morgan fingerprint density at radius 3 is 2.89 bits per heavy atom. The largest absolute Gasteiger partial charge is 0.317 e. The highest BCUT2D eigenvalue weighted by Crippen LogP contribution is 2.23. The van der Waals surface area contributed by atoms with E-state index in [0.29, 0.717) is 6.04 Å². The zero-order valence-corrected chi connectivity index (χ0v) is 11.1. The Morgan fingerprint density at radius 1 is 1.22 bits per heavy atom. The minimum Gasteiger partial charge on any atom is -0.317 e. The molecule has 0 saturated carbocycles. The summed E-state index contributed by atoms with van der Waals surface area (Å²) in [7, 11) is 0. The Bertz CT molecular complexity index is 343. The quantitative estimate of drug-likeness (QED) is 0.880. The smallest absolute Gasteiger partial charge is 0.0646 e. The van der Waals surface area contributed by atoms with Gasteiger partial charge in [-0.1, -0.05) is 0 Å². The van der Waals surface area contributed by atoms with Crippen LogP contribution in [0.2, 0.25) is 0 Å². The predicted molar refractivity (Wildman–Crippen MR) is 72.5 cm³/mol. The summed E-state index contributed by atoms with van der Waals surface area (Å²) in [5, 5.41) is 7.85. The zero-order chi connectivity index (χ0) is 12.2. The van der Waals surface area contributed by atoms with Crippen LogP contribution in [0.3, 0.4) is 0 Å². The Morgan fingerprint density at radius 2 is 2.11 bits per heavy atom. The fourth-order valence-electron chi connectivity index (χ4n) is 3.34. The molecule has 100 valence electrons. The third-order valence-electron chi connectivity index (χ3n) is 4.35. The molecular weight excluding hydrogens is 224 g/mol. The van der Waals surface area contributed by atoms with E-state index >= 15 is 0 Å². The van der Waals surface area contributed by atoms with Crippen molar-refractivity contribution < 1.29 is 0 Å². The summed E-state index contributed by atoms with van der Waals surface area (Å²) in [4.78, 5) is 2.66. The first-order valence-corrected chi connectivity index (χ1v) is 7.34. The van der Waals surface area contributed by atoms with Crippen LogP contribution in [0, 0.1) is 5.92 Å². The third-order valence-corrected chi connectivity index (χ3v) is 4.35. The summed E-state index contributed by atoms with van der Waals surface area (Å²) in [6.07, 6.45) is 9.30. The van der Waals surface area contributed by atoms with Gasteiger partial charge in [-0.05, 0) is 57.3 Å². The molecule has 0 spiro atoms. The van der Waals surface area contributed by atoms with Gasteiger partial charge in [0.15, 0.2) is 0 Å². The van der Waals surface area contributed by atoms with Gasteiger partial charge in [0.1, 0.15) is 0 Å². The van der Waals surface area contributed by atoms with Crippen LogP contribution in [0.25, 0.3) is 0 Å². The van der Waals surface area contributed by atoms with Gasteiger partial charge in [-0.3, -0.25) is 4.68 Å². The van der Waals surface area contributed by atoms with E-state index in [1.165, 1.54) is 58.4 Å². The summed E-state index contributed by atoms with van der Waals surface area (Å²) in [5.74, 6) is 0.905. The van der Waals surface area contributed by atoms with Crippen LogP contribution in [0.1, 0.15) is 31.7 Å². The van der Waals surface area contributed by atoms with Gasteiger partial charge in [-0.15, -0.1) is 0 Å². The number of aromatic nitrogens is 2. The predicted octanol–water partition coefficient (Wildman–Crippen LogP) is 1.52. The first-order chi connectivity index (χ1) is 8.92. The third kappa shape index (κ3) is 2.93. The van der Waals surface area contributed by atoms with E-state index in [4.69, 9.17) is 0 Å². The van der Waals surface area contributed by atoms with Crippen molar-refractivity contribution in [3.8, 4) is 0 Å². The van der Waals surface area contributed by atoms with Crippen molar-refractivity contribution in [3.05, 3.63) is 18.5 Å². The maximum absolute atomic E-state index is 4.40. The van der Waals surface area contributed by atoms with Gasteiger partial charge in [-0.25, -0.2) is 0 Å². The number of nitrogens with zero attached hydrogens (tertiary/aromatic N) is 3. The Labute approximate surface area is 109 Å². The van der Waals surface area contributed by atoms with Crippen molar-refractivity contribution >= 4 is 0 Å². The van der Waals surface area contributed by atoms with Crippen molar-refractivity contribution in [1.82, 2.24) is 20.0 Å². The average molecular weight is 248 g/mol. The van der Waals surface area contributed by atoms with Crippen LogP contribution in [0.4, 0.5) is 0 Å². The van der Waals surface area contributed by atoms with E-state index < -0.39 is 0 Å². The van der Waals surface area contributed by atoms with Gasteiger partial charge < -0.3 is 10.2 Å². The van der Waals surface area contributed by atoms with Crippen molar-refractivity contribution in [2.75, 3.05) is 32.7 Å². The number of piperidine rings is 2. The normalized spacial score (nSPS) is 27.4. The standard InChI is InChI=1S/C14H24N4/c1-3-14(18-10-2-6-16-18)12-17(9-1)11-13-4-7-15-8-5-13/h2,6,10,13-15H,1,3-5,7-9,11-12H2. The molecule has 4 heteroatoms. The lowest BCUT2D eigenvalue weighted by Gasteiger charge is -2.36. The number of hydrogen-bond acceptors (Lipinski definition) is 3.